The van der Waals surface area contributed by atoms with Crippen molar-refractivity contribution in [2.75, 3.05) is 0 Å². The molecule has 2 N–H and O–H groups in total. The molecule has 0 saturated carbocycles. The van der Waals surface area contributed by atoms with Crippen molar-refractivity contribution in [1.82, 2.24) is 5.32 Å². The molecule has 4 rings (SSSR count). The third kappa shape index (κ3) is 4.09. The quantitative estimate of drug-likeness (QED) is 0.510. The van der Waals surface area contributed by atoms with Crippen LogP contribution in [0.15, 0.2) is 68.9 Å². The molecule has 8 heteroatoms. The third-order valence-electron chi connectivity index (χ3n) is 3.83. The van der Waals surface area contributed by atoms with E-state index in [1.54, 1.807) is 48.5 Å². The Morgan fingerprint density at radius 2 is 1.86 bits per heavy atom. The second kappa shape index (κ2) is 7.75. The lowest BCUT2D eigenvalue weighted by Gasteiger charge is -2.01. The van der Waals surface area contributed by atoms with Crippen LogP contribution in [0.2, 0.25) is 10.0 Å². The number of amides is 1. The summed E-state index contributed by atoms with van der Waals surface area (Å²) in [7, 11) is 0. The highest BCUT2D eigenvalue weighted by molar-refractivity contribution is 8.18. The van der Waals surface area contributed by atoms with Gasteiger partial charge in [-0.3, -0.25) is 4.79 Å². The van der Waals surface area contributed by atoms with E-state index in [2.05, 4.69) is 10.3 Å². The highest BCUT2D eigenvalue weighted by Gasteiger charge is 2.24. The number of hydrogen-bond acceptors (Lipinski definition) is 5. The summed E-state index contributed by atoms with van der Waals surface area (Å²) < 4.78 is 5.80. The van der Waals surface area contributed by atoms with Crippen LogP contribution in [0, 0.1) is 0 Å². The number of furan rings is 1. The molecule has 0 unspecified atom stereocenters. The first-order valence-corrected chi connectivity index (χ1v) is 9.69. The zero-order valence-electron chi connectivity index (χ0n) is 14.1. The lowest BCUT2D eigenvalue weighted by molar-refractivity contribution is -0.115. The van der Waals surface area contributed by atoms with E-state index in [0.717, 1.165) is 0 Å². The van der Waals surface area contributed by atoms with Gasteiger partial charge in [0, 0.05) is 16.7 Å². The average molecular weight is 431 g/mol. The van der Waals surface area contributed by atoms with Gasteiger partial charge >= 0.3 is 0 Å². The van der Waals surface area contributed by atoms with E-state index >= 15 is 0 Å². The molecule has 0 atom stereocenters. The minimum atomic E-state index is -0.263. The zero-order valence-corrected chi connectivity index (χ0v) is 16.5. The summed E-state index contributed by atoms with van der Waals surface area (Å²) >= 11 is 13.4. The molecular weight excluding hydrogens is 419 g/mol. The van der Waals surface area contributed by atoms with E-state index in [9.17, 15) is 9.90 Å². The van der Waals surface area contributed by atoms with Crippen molar-refractivity contribution in [3.8, 4) is 17.1 Å². The van der Waals surface area contributed by atoms with E-state index in [1.165, 1.54) is 23.9 Å². The summed E-state index contributed by atoms with van der Waals surface area (Å²) in [5.41, 5.74) is 1.30. The van der Waals surface area contributed by atoms with Gasteiger partial charge in [0.1, 0.15) is 17.3 Å². The Hall–Kier alpha value is -2.67. The summed E-state index contributed by atoms with van der Waals surface area (Å²) in [4.78, 5) is 17.0. The van der Waals surface area contributed by atoms with Crippen LogP contribution in [0.1, 0.15) is 5.76 Å². The zero-order chi connectivity index (χ0) is 19.7. The monoisotopic (exact) mass is 430 g/mol. The van der Waals surface area contributed by atoms with Gasteiger partial charge < -0.3 is 14.8 Å². The minimum absolute atomic E-state index is 0.154. The Morgan fingerprint density at radius 3 is 2.64 bits per heavy atom. The number of phenolic OH excluding ortho intramolecular Hbond substituents is 1. The first-order chi connectivity index (χ1) is 13.5. The topological polar surface area (TPSA) is 74.8 Å². The van der Waals surface area contributed by atoms with E-state index in [0.29, 0.717) is 42.9 Å². The second-order valence-corrected chi connectivity index (χ2v) is 7.70. The maximum absolute atomic E-state index is 12.2. The summed E-state index contributed by atoms with van der Waals surface area (Å²) in [5, 5.41) is 13.6. The number of amidine groups is 1. The Bertz CT molecular complexity index is 1120. The average Bonchev–Trinajstić information content (AvgIpc) is 3.26. The molecule has 5 nitrogen and oxygen atoms in total. The minimum Gasteiger partial charge on any atom is -0.508 e. The maximum Gasteiger partial charge on any atom is 0.264 e. The highest BCUT2D eigenvalue weighted by Crippen LogP contribution is 2.34. The molecule has 0 aliphatic carbocycles. The van der Waals surface area contributed by atoms with Crippen LogP contribution in [-0.2, 0) is 4.79 Å². The van der Waals surface area contributed by atoms with Crippen LogP contribution in [0.3, 0.4) is 0 Å². The Morgan fingerprint density at radius 1 is 1.07 bits per heavy atom. The predicted molar refractivity (Wildman–Crippen MR) is 113 cm³/mol. The summed E-state index contributed by atoms with van der Waals surface area (Å²) in [5.74, 6) is 0.956. The molecule has 140 valence electrons. The molecule has 0 spiro atoms. The van der Waals surface area contributed by atoms with Gasteiger partial charge in [-0.2, -0.15) is 0 Å². The normalized spacial score (nSPS) is 16.7. The van der Waals surface area contributed by atoms with Crippen LogP contribution in [0.25, 0.3) is 17.4 Å². The van der Waals surface area contributed by atoms with Crippen LogP contribution in [-0.4, -0.2) is 16.2 Å². The number of hydrogen-bond donors (Lipinski definition) is 2. The number of aromatic hydroxyl groups is 1. The van der Waals surface area contributed by atoms with E-state index in [4.69, 9.17) is 27.6 Å². The Kier molecular flexibility index (Phi) is 5.17. The SMILES string of the molecule is O=C1NC(=Nc2ccc(O)cc2)S/C1=C/c1ccc(-c2cc(Cl)ccc2Cl)o1. The predicted octanol–water partition coefficient (Wildman–Crippen LogP) is 5.85. The number of thioether (sulfide) groups is 1. The fourth-order valence-corrected chi connectivity index (χ4v) is 3.72. The van der Waals surface area contributed by atoms with Crippen molar-refractivity contribution in [2.45, 2.75) is 0 Å². The Balaban J connectivity index is 1.56. The van der Waals surface area contributed by atoms with Crippen molar-refractivity contribution in [3.63, 3.8) is 0 Å². The van der Waals surface area contributed by atoms with Gasteiger partial charge in [-0.25, -0.2) is 4.99 Å². The van der Waals surface area contributed by atoms with E-state index in [1.807, 2.05) is 0 Å². The van der Waals surface area contributed by atoms with Gasteiger partial charge in [-0.15, -0.1) is 0 Å². The fourth-order valence-electron chi connectivity index (χ4n) is 2.52. The number of carbonyl (C=O) groups is 1. The van der Waals surface area contributed by atoms with Gasteiger partial charge in [0.15, 0.2) is 5.17 Å². The number of nitrogens with zero attached hydrogens (tertiary/aromatic N) is 1. The van der Waals surface area contributed by atoms with Crippen molar-refractivity contribution >= 4 is 57.8 Å². The van der Waals surface area contributed by atoms with Crippen LogP contribution in [0.4, 0.5) is 5.69 Å². The summed E-state index contributed by atoms with van der Waals surface area (Å²) in [6.45, 7) is 0. The molecular formula is C20H12Cl2N2O3S. The van der Waals surface area contributed by atoms with Gasteiger partial charge in [0.25, 0.3) is 5.91 Å². The molecule has 1 saturated heterocycles. The molecule has 1 aliphatic rings. The molecule has 28 heavy (non-hydrogen) atoms. The molecule has 1 aromatic heterocycles. The maximum atomic E-state index is 12.2. The number of halogens is 2. The fraction of sp³-hybridized carbons (Fsp3) is 0. The molecule has 0 radical (unpaired) electrons. The molecule has 3 aromatic rings. The molecule has 1 amide bonds. The number of benzene rings is 2. The largest absolute Gasteiger partial charge is 0.508 e. The van der Waals surface area contributed by atoms with Crippen LogP contribution >= 0.6 is 35.0 Å². The molecule has 2 heterocycles. The van der Waals surface area contributed by atoms with E-state index < -0.39 is 0 Å². The lowest BCUT2D eigenvalue weighted by Crippen LogP contribution is -2.19. The number of rotatable bonds is 3. The molecule has 0 bridgehead atoms. The first-order valence-electron chi connectivity index (χ1n) is 8.12. The van der Waals surface area contributed by atoms with Gasteiger partial charge in [0.2, 0.25) is 0 Å². The molecule has 1 fully saturated rings. The molecule has 2 aromatic carbocycles. The van der Waals surface area contributed by atoms with Gasteiger partial charge in [-0.1, -0.05) is 23.2 Å². The molecule has 1 aliphatic heterocycles. The third-order valence-corrected chi connectivity index (χ3v) is 5.30. The summed E-state index contributed by atoms with van der Waals surface area (Å²) in [6.07, 6.45) is 1.64. The lowest BCUT2D eigenvalue weighted by atomic mass is 10.2. The van der Waals surface area contributed by atoms with Gasteiger partial charge in [-0.05, 0) is 66.4 Å². The van der Waals surface area contributed by atoms with Crippen molar-refractivity contribution in [2.24, 2.45) is 4.99 Å². The van der Waals surface area contributed by atoms with Crippen molar-refractivity contribution < 1.29 is 14.3 Å². The van der Waals surface area contributed by atoms with Crippen LogP contribution < -0.4 is 5.32 Å². The smallest absolute Gasteiger partial charge is 0.264 e. The highest BCUT2D eigenvalue weighted by atomic mass is 35.5. The number of nitrogens with one attached hydrogen (secondary N) is 1. The van der Waals surface area contributed by atoms with Gasteiger partial charge in [0.05, 0.1) is 15.6 Å². The van der Waals surface area contributed by atoms with Crippen molar-refractivity contribution in [3.05, 3.63) is 75.3 Å². The second-order valence-electron chi connectivity index (χ2n) is 5.82. The van der Waals surface area contributed by atoms with Crippen LogP contribution in [0.5, 0.6) is 5.75 Å². The Labute approximate surface area is 174 Å². The standard InChI is InChI=1S/C20H12Cl2N2O3S/c21-11-1-7-16(22)15(9-11)17-8-6-14(27-17)10-18-19(26)24-20(28-18)23-12-2-4-13(25)5-3-12/h1-10,25H,(H,23,24,26)/b18-10+. The summed E-state index contributed by atoms with van der Waals surface area (Å²) in [6, 6.07) is 15.0. The first kappa shape index (κ1) is 18.7. The van der Waals surface area contributed by atoms with Crippen molar-refractivity contribution in [1.29, 1.82) is 0 Å². The number of phenols is 1. The number of carbonyl (C=O) groups excluding carboxylic acids is 1. The van der Waals surface area contributed by atoms with E-state index in [-0.39, 0.29) is 11.7 Å². The number of aliphatic imine (C=N–C) groups is 1.